The van der Waals surface area contributed by atoms with E-state index in [0.29, 0.717) is 15.6 Å². The zero-order valence-corrected chi connectivity index (χ0v) is 13.2. The highest BCUT2D eigenvalue weighted by molar-refractivity contribution is 9.10. The number of hydrogen-bond acceptors (Lipinski definition) is 1. The van der Waals surface area contributed by atoms with E-state index in [1.54, 1.807) is 19.2 Å². The summed E-state index contributed by atoms with van der Waals surface area (Å²) in [5, 5.41) is 3.07. The SMILES string of the molecule is CNC(c1cccc(F)c1Br)c1c(C)cc(C)cc1F. The van der Waals surface area contributed by atoms with E-state index in [1.165, 1.54) is 12.1 Å². The average Bonchev–Trinajstić information content (AvgIpc) is 2.37. The Labute approximate surface area is 126 Å². The topological polar surface area (TPSA) is 12.0 Å². The Morgan fingerprint density at radius 2 is 1.80 bits per heavy atom. The van der Waals surface area contributed by atoms with Crippen LogP contribution in [0.3, 0.4) is 0 Å². The van der Waals surface area contributed by atoms with Gasteiger partial charge < -0.3 is 5.32 Å². The Morgan fingerprint density at radius 3 is 2.40 bits per heavy atom. The van der Waals surface area contributed by atoms with Crippen molar-refractivity contribution in [3.8, 4) is 0 Å². The van der Waals surface area contributed by atoms with Crippen LogP contribution in [0.1, 0.15) is 28.3 Å². The number of halogens is 3. The van der Waals surface area contributed by atoms with Crippen molar-refractivity contribution in [3.05, 3.63) is 68.7 Å². The second kappa shape index (κ2) is 6.02. The molecule has 0 amide bonds. The maximum absolute atomic E-state index is 14.3. The molecule has 2 rings (SSSR count). The standard InChI is InChI=1S/C16H16BrF2N/c1-9-7-10(2)14(13(19)8-9)16(20-3)11-5-4-6-12(18)15(11)17/h4-8,16,20H,1-3H3. The third-order valence-electron chi connectivity index (χ3n) is 3.35. The minimum Gasteiger partial charge on any atom is -0.309 e. The molecule has 20 heavy (non-hydrogen) atoms. The highest BCUT2D eigenvalue weighted by Gasteiger charge is 2.22. The summed E-state index contributed by atoms with van der Waals surface area (Å²) in [6, 6.07) is 7.81. The fourth-order valence-corrected chi connectivity index (χ4v) is 2.98. The normalized spacial score (nSPS) is 12.5. The monoisotopic (exact) mass is 339 g/mol. The predicted molar refractivity (Wildman–Crippen MR) is 80.9 cm³/mol. The molecule has 4 heteroatoms. The zero-order valence-electron chi connectivity index (χ0n) is 11.6. The first-order chi connectivity index (χ1) is 9.45. The summed E-state index contributed by atoms with van der Waals surface area (Å²) in [6.45, 7) is 3.72. The van der Waals surface area contributed by atoms with E-state index in [9.17, 15) is 8.78 Å². The first-order valence-electron chi connectivity index (χ1n) is 6.33. The van der Waals surface area contributed by atoms with E-state index in [0.717, 1.165) is 11.1 Å². The molecule has 0 heterocycles. The molecule has 1 N–H and O–H groups in total. The summed E-state index contributed by atoms with van der Waals surface area (Å²) in [5.74, 6) is -0.633. The van der Waals surface area contributed by atoms with Crippen LogP contribution < -0.4 is 5.32 Å². The largest absolute Gasteiger partial charge is 0.309 e. The molecule has 0 saturated heterocycles. The molecule has 0 aliphatic rings. The molecule has 2 aromatic carbocycles. The zero-order chi connectivity index (χ0) is 14.9. The summed E-state index contributed by atoms with van der Waals surface area (Å²) in [5.41, 5.74) is 2.94. The van der Waals surface area contributed by atoms with Gasteiger partial charge in [0.15, 0.2) is 0 Å². The summed E-state index contributed by atoms with van der Waals surface area (Å²) < 4.78 is 28.4. The van der Waals surface area contributed by atoms with Gasteiger partial charge in [-0.25, -0.2) is 8.78 Å². The van der Waals surface area contributed by atoms with Gasteiger partial charge in [-0.2, -0.15) is 0 Å². The molecule has 2 aromatic rings. The van der Waals surface area contributed by atoms with Crippen molar-refractivity contribution in [3.63, 3.8) is 0 Å². The lowest BCUT2D eigenvalue weighted by molar-refractivity contribution is 0.565. The number of benzene rings is 2. The first-order valence-corrected chi connectivity index (χ1v) is 7.12. The van der Waals surface area contributed by atoms with Gasteiger partial charge in [0.05, 0.1) is 10.5 Å². The van der Waals surface area contributed by atoms with Crippen LogP contribution in [-0.4, -0.2) is 7.05 Å². The number of hydrogen-bond donors (Lipinski definition) is 1. The van der Waals surface area contributed by atoms with Crippen molar-refractivity contribution < 1.29 is 8.78 Å². The molecule has 0 saturated carbocycles. The predicted octanol–water partition coefficient (Wildman–Crippen LogP) is 4.65. The summed E-state index contributed by atoms with van der Waals surface area (Å²) >= 11 is 3.25. The average molecular weight is 340 g/mol. The molecule has 1 atom stereocenters. The first kappa shape index (κ1) is 15.1. The summed E-state index contributed by atoms with van der Waals surface area (Å²) in [4.78, 5) is 0. The summed E-state index contributed by atoms with van der Waals surface area (Å²) in [6.07, 6.45) is 0. The van der Waals surface area contributed by atoms with Gasteiger partial charge in [-0.3, -0.25) is 0 Å². The van der Waals surface area contributed by atoms with Crippen LogP contribution in [0.4, 0.5) is 8.78 Å². The molecule has 0 bridgehead atoms. The Balaban J connectivity index is 2.62. The molecule has 0 fully saturated rings. The van der Waals surface area contributed by atoms with Crippen LogP contribution >= 0.6 is 15.9 Å². The molecule has 1 unspecified atom stereocenters. The molecule has 106 valence electrons. The molecule has 0 radical (unpaired) electrons. The van der Waals surface area contributed by atoms with Crippen LogP contribution in [0.25, 0.3) is 0 Å². The lowest BCUT2D eigenvalue weighted by Crippen LogP contribution is -2.21. The fraction of sp³-hybridized carbons (Fsp3) is 0.250. The minimum absolute atomic E-state index is 0.280. The van der Waals surface area contributed by atoms with E-state index in [-0.39, 0.29) is 11.6 Å². The number of aryl methyl sites for hydroxylation is 2. The Morgan fingerprint density at radius 1 is 1.10 bits per heavy atom. The van der Waals surface area contributed by atoms with Crippen LogP contribution in [-0.2, 0) is 0 Å². The Bertz CT molecular complexity index is 617. The quantitative estimate of drug-likeness (QED) is 0.857. The minimum atomic E-state index is -0.402. The van der Waals surface area contributed by atoms with Crippen molar-refractivity contribution in [2.75, 3.05) is 7.05 Å². The van der Waals surface area contributed by atoms with Crippen LogP contribution in [0.2, 0.25) is 0 Å². The van der Waals surface area contributed by atoms with E-state index in [1.807, 2.05) is 19.9 Å². The van der Waals surface area contributed by atoms with E-state index in [4.69, 9.17) is 0 Å². The van der Waals surface area contributed by atoms with Crippen molar-refractivity contribution in [1.29, 1.82) is 0 Å². The Kier molecular flexibility index (Phi) is 4.55. The third kappa shape index (κ3) is 2.76. The van der Waals surface area contributed by atoms with Crippen molar-refractivity contribution >= 4 is 15.9 Å². The van der Waals surface area contributed by atoms with Gasteiger partial charge in [-0.1, -0.05) is 18.2 Å². The van der Waals surface area contributed by atoms with Crippen molar-refractivity contribution in [2.24, 2.45) is 0 Å². The highest BCUT2D eigenvalue weighted by Crippen LogP contribution is 2.33. The summed E-state index contributed by atoms with van der Waals surface area (Å²) in [7, 11) is 1.74. The van der Waals surface area contributed by atoms with Crippen molar-refractivity contribution in [1.82, 2.24) is 5.32 Å². The fourth-order valence-electron chi connectivity index (χ4n) is 2.49. The van der Waals surface area contributed by atoms with E-state index < -0.39 is 6.04 Å². The number of nitrogens with one attached hydrogen (secondary N) is 1. The molecular formula is C16H16BrF2N. The maximum Gasteiger partial charge on any atom is 0.137 e. The lowest BCUT2D eigenvalue weighted by Gasteiger charge is -2.22. The second-order valence-electron chi connectivity index (χ2n) is 4.84. The van der Waals surface area contributed by atoms with Gasteiger partial charge in [0.1, 0.15) is 11.6 Å². The lowest BCUT2D eigenvalue weighted by atomic mass is 9.93. The number of rotatable bonds is 3. The molecule has 0 spiro atoms. The van der Waals surface area contributed by atoms with E-state index >= 15 is 0 Å². The Hall–Kier alpha value is -1.26. The molecule has 0 aliphatic carbocycles. The van der Waals surface area contributed by atoms with Crippen LogP contribution in [0, 0.1) is 25.5 Å². The van der Waals surface area contributed by atoms with Crippen LogP contribution in [0.15, 0.2) is 34.8 Å². The van der Waals surface area contributed by atoms with E-state index in [2.05, 4.69) is 21.2 Å². The van der Waals surface area contributed by atoms with Gasteiger partial charge in [0, 0.05) is 5.56 Å². The van der Waals surface area contributed by atoms with Gasteiger partial charge in [0.2, 0.25) is 0 Å². The van der Waals surface area contributed by atoms with Crippen LogP contribution in [0.5, 0.6) is 0 Å². The van der Waals surface area contributed by atoms with Gasteiger partial charge in [0.25, 0.3) is 0 Å². The van der Waals surface area contributed by atoms with Crippen molar-refractivity contribution in [2.45, 2.75) is 19.9 Å². The van der Waals surface area contributed by atoms with Gasteiger partial charge in [-0.15, -0.1) is 0 Å². The molecule has 0 aliphatic heterocycles. The second-order valence-corrected chi connectivity index (χ2v) is 5.64. The maximum atomic E-state index is 14.3. The molecule has 0 aromatic heterocycles. The smallest absolute Gasteiger partial charge is 0.137 e. The highest BCUT2D eigenvalue weighted by atomic mass is 79.9. The molecular weight excluding hydrogens is 324 g/mol. The third-order valence-corrected chi connectivity index (χ3v) is 4.19. The van der Waals surface area contributed by atoms with Gasteiger partial charge in [-0.05, 0) is 65.6 Å². The van der Waals surface area contributed by atoms with Gasteiger partial charge >= 0.3 is 0 Å². The molecule has 1 nitrogen and oxygen atoms in total.